The van der Waals surface area contributed by atoms with Crippen LogP contribution < -0.4 is 11.1 Å². The van der Waals surface area contributed by atoms with Gasteiger partial charge in [-0.1, -0.05) is 0 Å². The van der Waals surface area contributed by atoms with E-state index in [4.69, 9.17) is 5.73 Å². The molecule has 1 aliphatic heterocycles. The molecule has 0 aliphatic carbocycles. The summed E-state index contributed by atoms with van der Waals surface area (Å²) < 4.78 is 26.2. The average molecular weight is 269 g/mol. The van der Waals surface area contributed by atoms with Gasteiger partial charge < -0.3 is 16.0 Å². The third-order valence-corrected chi connectivity index (χ3v) is 3.31. The SMILES string of the molecule is NCC1CCCN(C(=O)Nc2ccc(F)cc2F)C1. The summed E-state index contributed by atoms with van der Waals surface area (Å²) in [6, 6.07) is 2.70. The molecule has 0 saturated carbocycles. The van der Waals surface area contributed by atoms with Crippen molar-refractivity contribution in [1.82, 2.24) is 4.90 Å². The summed E-state index contributed by atoms with van der Waals surface area (Å²) in [5.41, 5.74) is 5.59. The maximum atomic E-state index is 13.4. The van der Waals surface area contributed by atoms with Gasteiger partial charge >= 0.3 is 6.03 Å². The zero-order valence-electron chi connectivity index (χ0n) is 10.5. The number of carbonyl (C=O) groups is 1. The molecule has 1 fully saturated rings. The first kappa shape index (κ1) is 13.7. The molecule has 1 aromatic carbocycles. The van der Waals surface area contributed by atoms with E-state index in [-0.39, 0.29) is 17.6 Å². The number of piperidine rings is 1. The fourth-order valence-corrected chi connectivity index (χ4v) is 2.23. The molecule has 1 saturated heterocycles. The Morgan fingerprint density at radius 2 is 2.26 bits per heavy atom. The second kappa shape index (κ2) is 5.97. The van der Waals surface area contributed by atoms with Crippen molar-refractivity contribution >= 4 is 11.7 Å². The number of hydrogen-bond donors (Lipinski definition) is 2. The van der Waals surface area contributed by atoms with E-state index in [1.807, 2.05) is 0 Å². The molecule has 19 heavy (non-hydrogen) atoms. The van der Waals surface area contributed by atoms with Crippen LogP contribution in [0.5, 0.6) is 0 Å². The van der Waals surface area contributed by atoms with Gasteiger partial charge in [0.2, 0.25) is 0 Å². The van der Waals surface area contributed by atoms with E-state index < -0.39 is 11.6 Å². The highest BCUT2D eigenvalue weighted by Gasteiger charge is 2.23. The molecule has 0 radical (unpaired) electrons. The van der Waals surface area contributed by atoms with Crippen LogP contribution >= 0.6 is 0 Å². The minimum absolute atomic E-state index is 0.0127. The fraction of sp³-hybridized carbons (Fsp3) is 0.462. The number of halogens is 2. The number of anilines is 1. The number of amides is 2. The lowest BCUT2D eigenvalue weighted by atomic mass is 9.99. The minimum Gasteiger partial charge on any atom is -0.330 e. The van der Waals surface area contributed by atoms with Crippen LogP contribution in [0, 0.1) is 17.6 Å². The Balaban J connectivity index is 2.00. The standard InChI is InChI=1S/C13H17F2N3O/c14-10-3-4-12(11(15)6-10)17-13(19)18-5-1-2-9(7-16)8-18/h3-4,6,9H,1-2,5,7-8,16H2,(H,17,19). The summed E-state index contributed by atoms with van der Waals surface area (Å²) in [5, 5.41) is 2.46. The number of urea groups is 1. The van der Waals surface area contributed by atoms with Crippen LogP contribution in [0.25, 0.3) is 0 Å². The van der Waals surface area contributed by atoms with Crippen LogP contribution in [-0.2, 0) is 0 Å². The van der Waals surface area contributed by atoms with Crippen molar-refractivity contribution in [3.8, 4) is 0 Å². The van der Waals surface area contributed by atoms with Crippen LogP contribution in [0.3, 0.4) is 0 Å². The molecule has 1 atom stereocenters. The molecule has 0 bridgehead atoms. The molecule has 1 aliphatic rings. The molecule has 0 aromatic heterocycles. The summed E-state index contributed by atoms with van der Waals surface area (Å²) in [4.78, 5) is 13.6. The van der Waals surface area contributed by atoms with Crippen molar-refractivity contribution in [1.29, 1.82) is 0 Å². The number of rotatable bonds is 2. The lowest BCUT2D eigenvalue weighted by Gasteiger charge is -2.32. The van der Waals surface area contributed by atoms with Gasteiger partial charge in [0.25, 0.3) is 0 Å². The molecule has 3 N–H and O–H groups in total. The smallest absolute Gasteiger partial charge is 0.321 e. The van der Waals surface area contributed by atoms with Gasteiger partial charge in [-0.15, -0.1) is 0 Å². The highest BCUT2D eigenvalue weighted by molar-refractivity contribution is 5.89. The molecule has 0 spiro atoms. The van der Waals surface area contributed by atoms with Crippen molar-refractivity contribution in [2.45, 2.75) is 12.8 Å². The minimum atomic E-state index is -0.777. The first-order chi connectivity index (χ1) is 9.10. The number of likely N-dealkylation sites (tertiary alicyclic amines) is 1. The van der Waals surface area contributed by atoms with Gasteiger partial charge in [-0.3, -0.25) is 0 Å². The van der Waals surface area contributed by atoms with Gasteiger partial charge in [-0.2, -0.15) is 0 Å². The van der Waals surface area contributed by atoms with Gasteiger partial charge in [0.15, 0.2) is 0 Å². The van der Waals surface area contributed by atoms with Crippen molar-refractivity contribution < 1.29 is 13.6 Å². The van der Waals surface area contributed by atoms with Crippen LogP contribution in [0.15, 0.2) is 18.2 Å². The Morgan fingerprint density at radius 3 is 2.95 bits per heavy atom. The second-order valence-electron chi connectivity index (χ2n) is 4.74. The number of nitrogens with zero attached hydrogens (tertiary/aromatic N) is 1. The number of hydrogen-bond acceptors (Lipinski definition) is 2. The van der Waals surface area contributed by atoms with Crippen molar-refractivity contribution in [2.75, 3.05) is 25.0 Å². The van der Waals surface area contributed by atoms with Crippen molar-refractivity contribution in [3.63, 3.8) is 0 Å². The molecule has 4 nitrogen and oxygen atoms in total. The van der Waals surface area contributed by atoms with Gasteiger partial charge in [-0.25, -0.2) is 13.6 Å². The Morgan fingerprint density at radius 1 is 1.47 bits per heavy atom. The average Bonchev–Trinajstić information content (AvgIpc) is 2.42. The van der Waals surface area contributed by atoms with E-state index >= 15 is 0 Å². The van der Waals surface area contributed by atoms with Gasteiger partial charge in [0, 0.05) is 19.2 Å². The number of nitrogens with one attached hydrogen (secondary N) is 1. The zero-order valence-corrected chi connectivity index (χ0v) is 10.5. The molecule has 2 amide bonds. The van der Waals surface area contributed by atoms with Gasteiger partial charge in [0.1, 0.15) is 11.6 Å². The van der Waals surface area contributed by atoms with Crippen LogP contribution in [0.4, 0.5) is 19.3 Å². The Labute approximate surface area is 110 Å². The quantitative estimate of drug-likeness (QED) is 0.864. The molecule has 1 heterocycles. The highest BCUT2D eigenvalue weighted by Crippen LogP contribution is 2.19. The maximum absolute atomic E-state index is 13.4. The van der Waals surface area contributed by atoms with Crippen molar-refractivity contribution in [3.05, 3.63) is 29.8 Å². The van der Waals surface area contributed by atoms with Gasteiger partial charge in [-0.05, 0) is 37.4 Å². The molecule has 104 valence electrons. The molecule has 1 unspecified atom stereocenters. The topological polar surface area (TPSA) is 58.4 Å². The summed E-state index contributed by atoms with van der Waals surface area (Å²) in [7, 11) is 0. The predicted molar refractivity (Wildman–Crippen MR) is 68.7 cm³/mol. The largest absolute Gasteiger partial charge is 0.330 e. The summed E-state index contributed by atoms with van der Waals surface area (Å²) in [6.45, 7) is 1.74. The van der Waals surface area contributed by atoms with E-state index in [1.165, 1.54) is 6.07 Å². The zero-order chi connectivity index (χ0) is 13.8. The monoisotopic (exact) mass is 269 g/mol. The lowest BCUT2D eigenvalue weighted by Crippen LogP contribution is -2.44. The van der Waals surface area contributed by atoms with Crippen LogP contribution in [-0.4, -0.2) is 30.6 Å². The summed E-state index contributed by atoms with van der Waals surface area (Å²) in [5.74, 6) is -1.16. The Hall–Kier alpha value is -1.69. The first-order valence-corrected chi connectivity index (χ1v) is 6.31. The number of benzene rings is 1. The molecule has 6 heteroatoms. The summed E-state index contributed by atoms with van der Waals surface area (Å²) in [6.07, 6.45) is 1.90. The van der Waals surface area contributed by atoms with E-state index in [1.54, 1.807) is 4.90 Å². The predicted octanol–water partition coefficient (Wildman–Crippen LogP) is 2.17. The van der Waals surface area contributed by atoms with Crippen LogP contribution in [0.1, 0.15) is 12.8 Å². The van der Waals surface area contributed by atoms with E-state index in [9.17, 15) is 13.6 Å². The summed E-state index contributed by atoms with van der Waals surface area (Å²) >= 11 is 0. The van der Waals surface area contributed by atoms with Crippen LogP contribution in [0.2, 0.25) is 0 Å². The second-order valence-corrected chi connectivity index (χ2v) is 4.74. The van der Waals surface area contributed by atoms with E-state index in [0.29, 0.717) is 19.6 Å². The normalized spacial score (nSPS) is 19.3. The third kappa shape index (κ3) is 3.41. The van der Waals surface area contributed by atoms with Gasteiger partial charge in [0.05, 0.1) is 5.69 Å². The Kier molecular flexibility index (Phi) is 4.31. The highest BCUT2D eigenvalue weighted by atomic mass is 19.1. The number of nitrogens with two attached hydrogens (primary N) is 1. The number of carbonyl (C=O) groups excluding carboxylic acids is 1. The molecule has 2 rings (SSSR count). The van der Waals surface area contributed by atoms with Crippen molar-refractivity contribution in [2.24, 2.45) is 11.7 Å². The maximum Gasteiger partial charge on any atom is 0.321 e. The molecule has 1 aromatic rings. The lowest BCUT2D eigenvalue weighted by molar-refractivity contribution is 0.179. The Bertz CT molecular complexity index is 467. The molecular weight excluding hydrogens is 252 g/mol. The molecular formula is C13H17F2N3O. The third-order valence-electron chi connectivity index (χ3n) is 3.31. The first-order valence-electron chi connectivity index (χ1n) is 6.31. The van der Waals surface area contributed by atoms with E-state index in [0.717, 1.165) is 25.0 Å². The van der Waals surface area contributed by atoms with E-state index in [2.05, 4.69) is 5.32 Å². The fourth-order valence-electron chi connectivity index (χ4n) is 2.23.